The second kappa shape index (κ2) is 5.57. The van der Waals surface area contributed by atoms with Crippen molar-refractivity contribution in [3.05, 3.63) is 46.3 Å². The molecule has 5 nitrogen and oxygen atoms in total. The SMILES string of the molecule is [N-]=[N+]=NCC(F)(F)C(F)(F)C(F)(C(=O)[O-])c1ccccc1. The number of aliphatic carboxylic acids is 1. The van der Waals surface area contributed by atoms with Gasteiger partial charge in [0.15, 0.2) is 0 Å². The fourth-order valence-corrected chi connectivity index (χ4v) is 1.57. The first-order chi connectivity index (χ1) is 9.61. The Kier molecular flexibility index (Phi) is 4.43. The van der Waals surface area contributed by atoms with Gasteiger partial charge in [-0.25, -0.2) is 4.39 Å². The van der Waals surface area contributed by atoms with Gasteiger partial charge < -0.3 is 9.90 Å². The summed E-state index contributed by atoms with van der Waals surface area (Å²) in [5.41, 5.74) is 1.88. The van der Waals surface area contributed by atoms with Crippen molar-refractivity contribution in [3.8, 4) is 0 Å². The van der Waals surface area contributed by atoms with Crippen molar-refractivity contribution in [1.82, 2.24) is 0 Å². The van der Waals surface area contributed by atoms with Gasteiger partial charge in [-0.15, -0.1) is 0 Å². The number of benzene rings is 1. The van der Waals surface area contributed by atoms with E-state index in [1.165, 1.54) is 6.07 Å². The van der Waals surface area contributed by atoms with Crippen molar-refractivity contribution in [2.45, 2.75) is 17.5 Å². The first kappa shape index (κ1) is 16.7. The van der Waals surface area contributed by atoms with Gasteiger partial charge in [-0.05, 0) is 5.53 Å². The molecule has 1 unspecified atom stereocenters. The van der Waals surface area contributed by atoms with Gasteiger partial charge in [-0.2, -0.15) is 17.6 Å². The third kappa shape index (κ3) is 2.62. The largest absolute Gasteiger partial charge is 0.546 e. The fraction of sp³-hybridized carbons (Fsp3) is 0.364. The van der Waals surface area contributed by atoms with Gasteiger partial charge in [-0.3, -0.25) is 0 Å². The van der Waals surface area contributed by atoms with Gasteiger partial charge in [0.2, 0.25) is 5.67 Å². The standard InChI is InChI=1S/C11H8F5N3O2/c12-9(13,6-18-19-17)11(15,16)10(14,8(20)21)7-4-2-1-3-5-7/h1-5H,6H2,(H,20,21)/p-1. The summed E-state index contributed by atoms with van der Waals surface area (Å²) in [4.78, 5) is 12.6. The van der Waals surface area contributed by atoms with E-state index >= 15 is 0 Å². The molecule has 0 heterocycles. The molecule has 1 atom stereocenters. The highest BCUT2D eigenvalue weighted by Gasteiger charge is 2.71. The normalized spacial score (nSPS) is 14.9. The lowest BCUT2D eigenvalue weighted by molar-refractivity contribution is -0.350. The van der Waals surface area contributed by atoms with Crippen molar-refractivity contribution in [3.63, 3.8) is 0 Å². The number of hydrogen-bond acceptors (Lipinski definition) is 3. The monoisotopic (exact) mass is 308 g/mol. The van der Waals surface area contributed by atoms with E-state index in [0.29, 0.717) is 12.1 Å². The third-order valence-corrected chi connectivity index (χ3v) is 2.68. The van der Waals surface area contributed by atoms with Crippen LogP contribution in [0.3, 0.4) is 0 Å². The molecule has 0 fully saturated rings. The predicted molar refractivity (Wildman–Crippen MR) is 58.1 cm³/mol. The van der Waals surface area contributed by atoms with E-state index in [4.69, 9.17) is 5.53 Å². The molecule has 1 rings (SSSR count). The van der Waals surface area contributed by atoms with Crippen molar-refractivity contribution in [1.29, 1.82) is 0 Å². The molecule has 21 heavy (non-hydrogen) atoms. The summed E-state index contributed by atoms with van der Waals surface area (Å²) in [6.07, 6.45) is 0. The lowest BCUT2D eigenvalue weighted by Gasteiger charge is -2.38. The van der Waals surface area contributed by atoms with Crippen LogP contribution >= 0.6 is 0 Å². The third-order valence-electron chi connectivity index (χ3n) is 2.68. The number of azide groups is 1. The first-order valence-corrected chi connectivity index (χ1v) is 5.33. The van der Waals surface area contributed by atoms with Crippen LogP contribution in [0, 0.1) is 0 Å². The number of alkyl halides is 5. The molecule has 0 saturated carbocycles. The number of halogens is 5. The molecule has 114 valence electrons. The topological polar surface area (TPSA) is 88.9 Å². The van der Waals surface area contributed by atoms with Crippen LogP contribution in [-0.2, 0) is 10.5 Å². The number of rotatable bonds is 6. The molecule has 0 spiro atoms. The van der Waals surface area contributed by atoms with Crippen LogP contribution in [0.1, 0.15) is 5.56 Å². The van der Waals surface area contributed by atoms with E-state index in [2.05, 4.69) is 5.11 Å². The molecule has 0 saturated heterocycles. The van der Waals surface area contributed by atoms with E-state index in [9.17, 15) is 31.9 Å². The zero-order valence-electron chi connectivity index (χ0n) is 10.1. The van der Waals surface area contributed by atoms with Crippen molar-refractivity contribution < 1.29 is 31.9 Å². The number of carbonyl (C=O) groups excluding carboxylic acids is 1. The van der Waals surface area contributed by atoms with Gasteiger partial charge >= 0.3 is 11.8 Å². The van der Waals surface area contributed by atoms with Crippen LogP contribution < -0.4 is 5.11 Å². The lowest BCUT2D eigenvalue weighted by atomic mass is 9.85. The molecule has 0 aliphatic heterocycles. The van der Waals surface area contributed by atoms with Crippen molar-refractivity contribution in [2.24, 2.45) is 5.11 Å². The van der Waals surface area contributed by atoms with Crippen LogP contribution in [-0.4, -0.2) is 24.4 Å². The highest BCUT2D eigenvalue weighted by Crippen LogP contribution is 2.50. The Bertz CT molecular complexity index is 574. The highest BCUT2D eigenvalue weighted by atomic mass is 19.3. The number of carboxylic acid groups (broad SMARTS) is 1. The molecule has 0 bridgehead atoms. The summed E-state index contributed by atoms with van der Waals surface area (Å²) < 4.78 is 68.7. The fourth-order valence-electron chi connectivity index (χ4n) is 1.57. The average Bonchev–Trinajstić information content (AvgIpc) is 2.44. The Morgan fingerprint density at radius 2 is 1.71 bits per heavy atom. The average molecular weight is 308 g/mol. The van der Waals surface area contributed by atoms with E-state index in [0.717, 1.165) is 12.1 Å². The van der Waals surface area contributed by atoms with Gasteiger partial charge in [0.05, 0.1) is 12.5 Å². The molecule has 0 N–H and O–H groups in total. The number of carboxylic acids is 1. The zero-order chi connectivity index (χ0) is 16.3. The number of carbonyl (C=O) groups is 1. The summed E-state index contributed by atoms with van der Waals surface area (Å²) in [6, 6.07) is 4.44. The molecule has 0 aliphatic rings. The van der Waals surface area contributed by atoms with Crippen molar-refractivity contribution >= 4 is 5.97 Å². The zero-order valence-corrected chi connectivity index (χ0v) is 10.1. The van der Waals surface area contributed by atoms with Crippen LogP contribution in [0.25, 0.3) is 10.4 Å². The van der Waals surface area contributed by atoms with E-state index in [1.54, 1.807) is 0 Å². The lowest BCUT2D eigenvalue weighted by Crippen LogP contribution is -2.62. The van der Waals surface area contributed by atoms with E-state index in [-0.39, 0.29) is 0 Å². The molecular formula is C11H7F5N3O2-. The maximum atomic E-state index is 14.3. The molecule has 1 aromatic rings. The molecule has 0 amide bonds. The van der Waals surface area contributed by atoms with Gasteiger partial charge in [0.1, 0.15) is 0 Å². The minimum atomic E-state index is -5.70. The quantitative estimate of drug-likeness (QED) is 0.349. The van der Waals surface area contributed by atoms with Gasteiger partial charge in [0.25, 0.3) is 0 Å². The predicted octanol–water partition coefficient (Wildman–Crippen LogP) is 2.18. The van der Waals surface area contributed by atoms with Gasteiger partial charge in [0, 0.05) is 10.5 Å². The Hall–Kier alpha value is -2.35. The summed E-state index contributed by atoms with van der Waals surface area (Å²) in [5, 5.41) is 13.0. The molecule has 0 aromatic heterocycles. The maximum absolute atomic E-state index is 14.3. The Balaban J connectivity index is 3.46. The summed E-state index contributed by atoms with van der Waals surface area (Å²) >= 11 is 0. The number of hydrogen-bond donors (Lipinski definition) is 0. The smallest absolute Gasteiger partial charge is 0.352 e. The van der Waals surface area contributed by atoms with Gasteiger partial charge in [-0.1, -0.05) is 35.4 Å². The maximum Gasteiger partial charge on any atom is 0.352 e. The summed E-state index contributed by atoms with van der Waals surface area (Å²) in [6.45, 7) is -2.11. The van der Waals surface area contributed by atoms with E-state index in [1.807, 2.05) is 4.91 Å². The van der Waals surface area contributed by atoms with Crippen LogP contribution in [0.2, 0.25) is 0 Å². The van der Waals surface area contributed by atoms with Crippen molar-refractivity contribution in [2.75, 3.05) is 6.54 Å². The number of nitrogens with zero attached hydrogens (tertiary/aromatic N) is 3. The minimum absolute atomic E-state index is 0.605. The van der Waals surface area contributed by atoms with Crippen LogP contribution in [0.4, 0.5) is 22.0 Å². The van der Waals surface area contributed by atoms with Crippen LogP contribution in [0.5, 0.6) is 0 Å². The molecule has 10 heteroatoms. The molecule has 1 aromatic carbocycles. The first-order valence-electron chi connectivity index (χ1n) is 5.33. The van der Waals surface area contributed by atoms with E-state index < -0.39 is 35.6 Å². The second-order valence-electron chi connectivity index (χ2n) is 3.98. The highest BCUT2D eigenvalue weighted by molar-refractivity contribution is 5.79. The Labute approximate surface area is 114 Å². The Morgan fingerprint density at radius 3 is 2.14 bits per heavy atom. The molecule has 0 radical (unpaired) electrons. The second-order valence-corrected chi connectivity index (χ2v) is 3.98. The minimum Gasteiger partial charge on any atom is -0.546 e. The summed E-state index contributed by atoms with van der Waals surface area (Å²) in [5.74, 6) is -14.0. The summed E-state index contributed by atoms with van der Waals surface area (Å²) in [7, 11) is 0. The Morgan fingerprint density at radius 1 is 1.19 bits per heavy atom. The molecular weight excluding hydrogens is 301 g/mol. The van der Waals surface area contributed by atoms with Crippen LogP contribution in [0.15, 0.2) is 35.4 Å². The molecule has 0 aliphatic carbocycles.